The van der Waals surface area contributed by atoms with Gasteiger partial charge in [0.1, 0.15) is 5.75 Å². The molecule has 0 aromatic heterocycles. The number of hydrogen-bond acceptors (Lipinski definition) is 4. The van der Waals surface area contributed by atoms with Crippen molar-refractivity contribution in [3.05, 3.63) is 24.3 Å². The molecular formula is C22H31N3O3. The summed E-state index contributed by atoms with van der Waals surface area (Å²) in [4.78, 5) is 29.3. The van der Waals surface area contributed by atoms with Crippen LogP contribution in [-0.2, 0) is 9.59 Å². The molecule has 6 nitrogen and oxygen atoms in total. The molecular weight excluding hydrogens is 354 g/mol. The lowest BCUT2D eigenvalue weighted by Gasteiger charge is -2.34. The van der Waals surface area contributed by atoms with Gasteiger partial charge in [-0.3, -0.25) is 9.59 Å². The van der Waals surface area contributed by atoms with Crippen molar-refractivity contribution in [2.45, 2.75) is 45.1 Å². The Labute approximate surface area is 167 Å². The van der Waals surface area contributed by atoms with Crippen molar-refractivity contribution in [2.75, 3.05) is 37.7 Å². The van der Waals surface area contributed by atoms with Crippen molar-refractivity contribution >= 4 is 17.5 Å². The summed E-state index contributed by atoms with van der Waals surface area (Å²) in [7, 11) is 0. The van der Waals surface area contributed by atoms with Crippen LogP contribution in [0.3, 0.4) is 0 Å². The van der Waals surface area contributed by atoms with E-state index in [1.54, 1.807) is 4.90 Å². The molecule has 1 saturated carbocycles. The number of para-hydroxylation sites is 2. The van der Waals surface area contributed by atoms with Gasteiger partial charge in [-0.2, -0.15) is 0 Å². The van der Waals surface area contributed by atoms with Gasteiger partial charge < -0.3 is 19.9 Å². The van der Waals surface area contributed by atoms with Crippen LogP contribution in [0.1, 0.15) is 39.0 Å². The summed E-state index contributed by atoms with van der Waals surface area (Å²) in [5.41, 5.74) is 0.771. The van der Waals surface area contributed by atoms with E-state index in [1.807, 2.05) is 36.1 Å². The van der Waals surface area contributed by atoms with Gasteiger partial charge in [-0.05, 0) is 57.2 Å². The third-order valence-electron chi connectivity index (χ3n) is 6.13. The van der Waals surface area contributed by atoms with Gasteiger partial charge in [0, 0.05) is 32.1 Å². The maximum absolute atomic E-state index is 13.0. The number of likely N-dealkylation sites (tertiary alicyclic amines) is 1. The number of rotatable bonds is 7. The maximum Gasteiger partial charge on any atom is 0.228 e. The number of benzene rings is 1. The Bertz CT molecular complexity index is 711. The molecule has 2 aliphatic heterocycles. The van der Waals surface area contributed by atoms with Gasteiger partial charge in [-0.15, -0.1) is 0 Å². The highest BCUT2D eigenvalue weighted by Gasteiger charge is 2.39. The minimum absolute atomic E-state index is 0.00601. The number of nitrogens with zero attached hydrogens (tertiary/aromatic N) is 2. The van der Waals surface area contributed by atoms with Crippen molar-refractivity contribution in [3.63, 3.8) is 0 Å². The van der Waals surface area contributed by atoms with Gasteiger partial charge in [0.05, 0.1) is 18.2 Å². The Morgan fingerprint density at radius 3 is 2.64 bits per heavy atom. The molecule has 1 N–H and O–H groups in total. The van der Waals surface area contributed by atoms with Crippen molar-refractivity contribution in [2.24, 2.45) is 11.8 Å². The number of hydrogen-bond donors (Lipinski definition) is 1. The number of carbonyl (C=O) groups excluding carboxylic acids is 2. The van der Waals surface area contributed by atoms with E-state index in [0.717, 1.165) is 44.1 Å². The average Bonchev–Trinajstić information content (AvgIpc) is 3.47. The molecule has 0 spiro atoms. The van der Waals surface area contributed by atoms with E-state index in [4.69, 9.17) is 4.74 Å². The molecule has 1 aromatic rings. The molecule has 1 aliphatic carbocycles. The predicted octanol–water partition coefficient (Wildman–Crippen LogP) is 2.43. The Morgan fingerprint density at radius 1 is 1.18 bits per heavy atom. The Hall–Kier alpha value is -2.08. The lowest BCUT2D eigenvalue weighted by molar-refractivity contribution is -0.136. The first-order valence-corrected chi connectivity index (χ1v) is 10.7. The molecule has 3 fully saturated rings. The van der Waals surface area contributed by atoms with Gasteiger partial charge in [0.15, 0.2) is 0 Å². The lowest BCUT2D eigenvalue weighted by Crippen LogP contribution is -2.47. The van der Waals surface area contributed by atoms with Crippen LogP contribution in [-0.4, -0.2) is 55.5 Å². The number of ether oxygens (including phenoxy) is 1. The van der Waals surface area contributed by atoms with E-state index in [-0.39, 0.29) is 17.7 Å². The van der Waals surface area contributed by atoms with E-state index in [2.05, 4.69) is 5.32 Å². The zero-order chi connectivity index (χ0) is 19.5. The molecule has 28 heavy (non-hydrogen) atoms. The topological polar surface area (TPSA) is 61.9 Å². The fourth-order valence-electron chi connectivity index (χ4n) is 4.28. The fourth-order valence-corrected chi connectivity index (χ4v) is 4.28. The quantitative estimate of drug-likeness (QED) is 0.783. The standard InChI is InChI=1S/C22H31N3O3/c1-2-28-20-6-4-3-5-19(20)25-15-17(13-21(25)26)22(27)24-11-9-18(10-12-24)23-14-16-7-8-16/h3-6,16-18,23H,2,7-15H2,1H3. The molecule has 2 saturated heterocycles. The molecule has 2 heterocycles. The zero-order valence-corrected chi connectivity index (χ0v) is 16.7. The van der Waals surface area contributed by atoms with Crippen LogP contribution in [0.25, 0.3) is 0 Å². The second kappa shape index (κ2) is 8.52. The summed E-state index contributed by atoms with van der Waals surface area (Å²) in [6.45, 7) is 5.64. The first kappa shape index (κ1) is 19.2. The van der Waals surface area contributed by atoms with Crippen LogP contribution in [0.4, 0.5) is 5.69 Å². The molecule has 3 aliphatic rings. The fraction of sp³-hybridized carbons (Fsp3) is 0.636. The maximum atomic E-state index is 13.0. The summed E-state index contributed by atoms with van der Waals surface area (Å²) < 4.78 is 5.67. The number of nitrogens with one attached hydrogen (secondary N) is 1. The highest BCUT2D eigenvalue weighted by Crippen LogP contribution is 2.34. The molecule has 0 radical (unpaired) electrons. The normalized spacial score (nSPS) is 23.3. The zero-order valence-electron chi connectivity index (χ0n) is 16.7. The molecule has 6 heteroatoms. The minimum Gasteiger partial charge on any atom is -0.492 e. The number of piperidine rings is 1. The Morgan fingerprint density at radius 2 is 1.93 bits per heavy atom. The second-order valence-corrected chi connectivity index (χ2v) is 8.26. The summed E-state index contributed by atoms with van der Waals surface area (Å²) in [6.07, 6.45) is 5.04. The van der Waals surface area contributed by atoms with Gasteiger partial charge in [0.2, 0.25) is 11.8 Å². The molecule has 1 unspecified atom stereocenters. The molecule has 152 valence electrons. The van der Waals surface area contributed by atoms with Crippen molar-refractivity contribution in [1.82, 2.24) is 10.2 Å². The van der Waals surface area contributed by atoms with Crippen LogP contribution in [0.2, 0.25) is 0 Å². The van der Waals surface area contributed by atoms with Gasteiger partial charge in [-0.1, -0.05) is 12.1 Å². The summed E-state index contributed by atoms with van der Waals surface area (Å²) >= 11 is 0. The third-order valence-corrected chi connectivity index (χ3v) is 6.13. The minimum atomic E-state index is -0.252. The monoisotopic (exact) mass is 385 g/mol. The van der Waals surface area contributed by atoms with Crippen LogP contribution < -0.4 is 15.0 Å². The van der Waals surface area contributed by atoms with E-state index in [9.17, 15) is 9.59 Å². The number of anilines is 1. The summed E-state index contributed by atoms with van der Waals surface area (Å²) in [5.74, 6) is 1.47. The Balaban J connectivity index is 1.33. The highest BCUT2D eigenvalue weighted by molar-refractivity contribution is 6.01. The average molecular weight is 386 g/mol. The molecule has 4 rings (SSSR count). The van der Waals surface area contributed by atoms with Gasteiger partial charge in [0.25, 0.3) is 0 Å². The smallest absolute Gasteiger partial charge is 0.228 e. The lowest BCUT2D eigenvalue weighted by atomic mass is 10.0. The molecule has 0 bridgehead atoms. The Kier molecular flexibility index (Phi) is 5.85. The van der Waals surface area contributed by atoms with E-state index in [0.29, 0.717) is 31.4 Å². The van der Waals surface area contributed by atoms with Crippen LogP contribution in [0.5, 0.6) is 5.75 Å². The van der Waals surface area contributed by atoms with Crippen LogP contribution >= 0.6 is 0 Å². The van der Waals surface area contributed by atoms with Crippen LogP contribution in [0.15, 0.2) is 24.3 Å². The largest absolute Gasteiger partial charge is 0.492 e. The first-order chi connectivity index (χ1) is 13.7. The van der Waals surface area contributed by atoms with Gasteiger partial charge >= 0.3 is 0 Å². The number of carbonyl (C=O) groups is 2. The first-order valence-electron chi connectivity index (χ1n) is 10.7. The molecule has 1 aromatic carbocycles. The highest BCUT2D eigenvalue weighted by atomic mass is 16.5. The van der Waals surface area contributed by atoms with Gasteiger partial charge in [-0.25, -0.2) is 0 Å². The molecule has 2 amide bonds. The third kappa shape index (κ3) is 4.32. The second-order valence-electron chi connectivity index (χ2n) is 8.26. The SMILES string of the molecule is CCOc1ccccc1N1CC(C(=O)N2CCC(NCC3CC3)CC2)CC1=O. The van der Waals surface area contributed by atoms with Crippen molar-refractivity contribution in [1.29, 1.82) is 0 Å². The van der Waals surface area contributed by atoms with E-state index >= 15 is 0 Å². The predicted molar refractivity (Wildman–Crippen MR) is 108 cm³/mol. The molecule has 1 atom stereocenters. The van der Waals surface area contributed by atoms with Crippen LogP contribution in [0, 0.1) is 11.8 Å². The summed E-state index contributed by atoms with van der Waals surface area (Å²) in [6, 6.07) is 8.11. The summed E-state index contributed by atoms with van der Waals surface area (Å²) in [5, 5.41) is 3.65. The van der Waals surface area contributed by atoms with Crippen molar-refractivity contribution in [3.8, 4) is 5.75 Å². The number of amides is 2. The van der Waals surface area contributed by atoms with E-state index in [1.165, 1.54) is 12.8 Å². The van der Waals surface area contributed by atoms with Crippen molar-refractivity contribution < 1.29 is 14.3 Å². The van der Waals surface area contributed by atoms with E-state index < -0.39 is 0 Å².